The van der Waals surface area contributed by atoms with E-state index < -0.39 is 11.9 Å². The van der Waals surface area contributed by atoms with Gasteiger partial charge in [-0.3, -0.25) is 14.3 Å². The zero-order valence-corrected chi connectivity index (χ0v) is 15.8. The van der Waals surface area contributed by atoms with Crippen LogP contribution in [-0.2, 0) is 6.18 Å². The molecule has 154 valence electrons. The monoisotopic (exact) mass is 406 g/mol. The molecule has 0 unspecified atom stereocenters. The highest BCUT2D eigenvalue weighted by molar-refractivity contribution is 5.95. The van der Waals surface area contributed by atoms with Crippen molar-refractivity contribution in [2.24, 2.45) is 0 Å². The molecule has 3 aromatic heterocycles. The predicted molar refractivity (Wildman–Crippen MR) is 101 cm³/mol. The highest BCUT2D eigenvalue weighted by Gasteiger charge is 2.34. The number of aromatic amines is 1. The van der Waals surface area contributed by atoms with Crippen molar-refractivity contribution in [2.75, 3.05) is 5.32 Å². The summed E-state index contributed by atoms with van der Waals surface area (Å²) in [5, 5.41) is 13.0. The van der Waals surface area contributed by atoms with Crippen LogP contribution in [0.2, 0.25) is 0 Å². The zero-order chi connectivity index (χ0) is 20.6. The van der Waals surface area contributed by atoms with Crippen molar-refractivity contribution < 1.29 is 18.0 Å². The summed E-state index contributed by atoms with van der Waals surface area (Å²) in [5.74, 6) is 0.433. The van der Waals surface area contributed by atoms with Crippen LogP contribution in [0.15, 0.2) is 30.6 Å². The molecule has 3 heterocycles. The summed E-state index contributed by atoms with van der Waals surface area (Å²) in [5.41, 5.74) is 0.605. The standard InChI is InChI=1S/C19H21F3N6O/c1-11-14(9-23-27-11)18(29)25-13-7-5-12(6-8-13)24-16-3-2-4-17-26-15(10-28(16)17)19(20,21)22/h2-4,9-10,12-13,24H,5-8H2,1H3,(H,23,27)(H,25,29). The van der Waals surface area contributed by atoms with E-state index in [2.05, 4.69) is 25.8 Å². The summed E-state index contributed by atoms with van der Waals surface area (Å²) < 4.78 is 40.3. The molecule has 3 N–H and O–H groups in total. The van der Waals surface area contributed by atoms with E-state index in [4.69, 9.17) is 0 Å². The van der Waals surface area contributed by atoms with Crippen LogP contribution in [0.25, 0.3) is 5.65 Å². The largest absolute Gasteiger partial charge is 0.434 e. The van der Waals surface area contributed by atoms with Gasteiger partial charge in [0, 0.05) is 24.0 Å². The summed E-state index contributed by atoms with van der Waals surface area (Å²) in [6.07, 6.45) is 1.21. The number of H-pyrrole nitrogens is 1. The molecule has 3 aromatic rings. The lowest BCUT2D eigenvalue weighted by Gasteiger charge is -2.30. The van der Waals surface area contributed by atoms with Gasteiger partial charge in [-0.25, -0.2) is 4.98 Å². The van der Waals surface area contributed by atoms with Crippen molar-refractivity contribution in [2.45, 2.75) is 50.9 Å². The van der Waals surface area contributed by atoms with E-state index in [1.165, 1.54) is 10.6 Å². The Labute approximate surface area is 164 Å². The minimum absolute atomic E-state index is 0.0655. The highest BCUT2D eigenvalue weighted by atomic mass is 19.4. The number of aromatic nitrogens is 4. The fourth-order valence-electron chi connectivity index (χ4n) is 3.70. The number of halogens is 3. The van der Waals surface area contributed by atoms with Crippen molar-refractivity contribution in [1.29, 1.82) is 0 Å². The lowest BCUT2D eigenvalue weighted by molar-refractivity contribution is -0.140. The molecule has 0 spiro atoms. The van der Waals surface area contributed by atoms with Crippen molar-refractivity contribution >= 4 is 17.4 Å². The fraction of sp³-hybridized carbons (Fsp3) is 0.421. The Morgan fingerprint density at radius 1 is 1.21 bits per heavy atom. The van der Waals surface area contributed by atoms with Gasteiger partial charge in [-0.2, -0.15) is 18.3 Å². The topological polar surface area (TPSA) is 87.1 Å². The number of pyridine rings is 1. The van der Waals surface area contributed by atoms with E-state index in [0.29, 0.717) is 11.4 Å². The number of aryl methyl sites for hydroxylation is 1. The molecule has 10 heteroatoms. The Morgan fingerprint density at radius 2 is 1.93 bits per heavy atom. The van der Waals surface area contributed by atoms with Crippen molar-refractivity contribution in [1.82, 2.24) is 24.9 Å². The highest BCUT2D eigenvalue weighted by Crippen LogP contribution is 2.30. The molecule has 0 bridgehead atoms. The van der Waals surface area contributed by atoms with Gasteiger partial charge < -0.3 is 10.6 Å². The summed E-state index contributed by atoms with van der Waals surface area (Å²) in [7, 11) is 0. The average molecular weight is 406 g/mol. The number of amides is 1. The van der Waals surface area contributed by atoms with Gasteiger partial charge in [-0.15, -0.1) is 0 Å². The van der Waals surface area contributed by atoms with Gasteiger partial charge in [0.05, 0.1) is 11.8 Å². The number of nitrogens with one attached hydrogen (secondary N) is 3. The van der Waals surface area contributed by atoms with E-state index in [1.807, 2.05) is 0 Å². The smallest absolute Gasteiger partial charge is 0.368 e. The van der Waals surface area contributed by atoms with E-state index in [9.17, 15) is 18.0 Å². The molecule has 1 aliphatic rings. The van der Waals surface area contributed by atoms with Gasteiger partial charge in [0.2, 0.25) is 0 Å². The van der Waals surface area contributed by atoms with Crippen LogP contribution < -0.4 is 10.6 Å². The molecule has 29 heavy (non-hydrogen) atoms. The first-order valence-corrected chi connectivity index (χ1v) is 9.44. The molecule has 0 atom stereocenters. The Hall–Kier alpha value is -3.04. The Morgan fingerprint density at radius 3 is 2.59 bits per heavy atom. The third kappa shape index (κ3) is 4.06. The molecule has 1 aliphatic carbocycles. The van der Waals surface area contributed by atoms with Crippen LogP contribution in [0.5, 0.6) is 0 Å². The molecule has 0 saturated heterocycles. The first kappa shape index (κ1) is 19.3. The third-order valence-electron chi connectivity index (χ3n) is 5.27. The molecule has 1 saturated carbocycles. The molecular formula is C19H21F3N6O. The number of rotatable bonds is 4. The molecular weight excluding hydrogens is 385 g/mol. The molecule has 7 nitrogen and oxygen atoms in total. The normalized spacial score (nSPS) is 20.0. The predicted octanol–water partition coefficient (Wildman–Crippen LogP) is 3.54. The van der Waals surface area contributed by atoms with E-state index in [0.717, 1.165) is 37.6 Å². The lowest BCUT2D eigenvalue weighted by Crippen LogP contribution is -2.40. The maximum absolute atomic E-state index is 13.0. The lowest BCUT2D eigenvalue weighted by atomic mass is 9.91. The Bertz CT molecular complexity index is 1020. The van der Waals surface area contributed by atoms with E-state index >= 15 is 0 Å². The van der Waals surface area contributed by atoms with Crippen LogP contribution in [0, 0.1) is 6.92 Å². The van der Waals surface area contributed by atoms with Gasteiger partial charge in [0.25, 0.3) is 5.91 Å². The van der Waals surface area contributed by atoms with Gasteiger partial charge in [-0.05, 0) is 44.7 Å². The summed E-state index contributed by atoms with van der Waals surface area (Å²) in [6, 6.07) is 5.15. The molecule has 0 aliphatic heterocycles. The number of hydrogen-bond acceptors (Lipinski definition) is 4. The number of hydrogen-bond donors (Lipinski definition) is 3. The number of carbonyl (C=O) groups excluding carboxylic acids is 1. The fourth-order valence-corrected chi connectivity index (χ4v) is 3.70. The number of anilines is 1. The average Bonchev–Trinajstić information content (AvgIpc) is 3.30. The number of alkyl halides is 3. The summed E-state index contributed by atoms with van der Waals surface area (Å²) >= 11 is 0. The quantitative estimate of drug-likeness (QED) is 0.619. The van der Waals surface area contributed by atoms with Gasteiger partial charge in [-0.1, -0.05) is 6.07 Å². The van der Waals surface area contributed by atoms with Crippen LogP contribution in [-0.4, -0.2) is 37.6 Å². The number of nitrogens with zero attached hydrogens (tertiary/aromatic N) is 3. The van der Waals surface area contributed by atoms with Crippen molar-refractivity contribution in [3.63, 3.8) is 0 Å². The number of imidazole rings is 1. The molecule has 1 amide bonds. The molecule has 0 aromatic carbocycles. The second-order valence-corrected chi connectivity index (χ2v) is 7.34. The molecule has 0 radical (unpaired) electrons. The number of carbonyl (C=O) groups is 1. The van der Waals surface area contributed by atoms with Crippen LogP contribution in [0.1, 0.15) is 47.4 Å². The second-order valence-electron chi connectivity index (χ2n) is 7.34. The zero-order valence-electron chi connectivity index (χ0n) is 15.8. The Kier molecular flexibility index (Phi) is 4.93. The number of fused-ring (bicyclic) bond motifs is 1. The summed E-state index contributed by atoms with van der Waals surface area (Å²) in [6.45, 7) is 1.80. The molecule has 4 rings (SSSR count). The Balaban J connectivity index is 1.38. The third-order valence-corrected chi connectivity index (χ3v) is 5.27. The minimum atomic E-state index is -4.48. The maximum atomic E-state index is 13.0. The van der Waals surface area contributed by atoms with E-state index in [1.54, 1.807) is 25.1 Å². The van der Waals surface area contributed by atoms with Gasteiger partial charge in [0.1, 0.15) is 11.5 Å². The van der Waals surface area contributed by atoms with Crippen LogP contribution >= 0.6 is 0 Å². The van der Waals surface area contributed by atoms with E-state index in [-0.39, 0.29) is 23.6 Å². The first-order chi connectivity index (χ1) is 13.8. The van der Waals surface area contributed by atoms with Crippen molar-refractivity contribution in [3.8, 4) is 0 Å². The van der Waals surface area contributed by atoms with Gasteiger partial charge >= 0.3 is 6.18 Å². The first-order valence-electron chi connectivity index (χ1n) is 9.44. The van der Waals surface area contributed by atoms with Crippen LogP contribution in [0.4, 0.5) is 19.0 Å². The maximum Gasteiger partial charge on any atom is 0.434 e. The second kappa shape index (κ2) is 7.41. The van der Waals surface area contributed by atoms with Crippen LogP contribution in [0.3, 0.4) is 0 Å². The van der Waals surface area contributed by atoms with Crippen molar-refractivity contribution in [3.05, 3.63) is 47.5 Å². The molecule has 1 fully saturated rings. The minimum Gasteiger partial charge on any atom is -0.368 e. The SMILES string of the molecule is Cc1[nH]ncc1C(=O)NC1CCC(Nc2cccc3nc(C(F)(F)F)cn23)CC1. The van der Waals surface area contributed by atoms with Gasteiger partial charge in [0.15, 0.2) is 5.69 Å². The summed E-state index contributed by atoms with van der Waals surface area (Å²) in [4.78, 5) is 16.0.